The molecule has 6 nitrogen and oxygen atoms in total. The number of esters is 2. The van der Waals surface area contributed by atoms with Crippen molar-refractivity contribution in [3.05, 3.63) is 118 Å². The molecule has 4 aromatic rings. The second kappa shape index (κ2) is 11.9. The average Bonchev–Trinajstić information content (AvgIpc) is 3.46. The van der Waals surface area contributed by atoms with Crippen molar-refractivity contribution in [3.8, 4) is 5.69 Å². The third-order valence-electron chi connectivity index (χ3n) is 7.07. The Morgan fingerprint density at radius 3 is 2.26 bits per heavy atom. The molecule has 0 fully saturated rings. The number of aromatic nitrogens is 2. The summed E-state index contributed by atoms with van der Waals surface area (Å²) in [7, 11) is 1.38. The number of carbonyl (C=O) groups excluding carboxylic acids is 2. The summed E-state index contributed by atoms with van der Waals surface area (Å²) in [6.45, 7) is 7.90. The highest BCUT2D eigenvalue weighted by molar-refractivity contribution is 5.90. The Balaban J connectivity index is 1.65. The number of nitrogens with zero attached hydrogens (tertiary/aromatic N) is 2. The molecule has 2 atom stereocenters. The van der Waals surface area contributed by atoms with Gasteiger partial charge in [0.15, 0.2) is 0 Å². The van der Waals surface area contributed by atoms with E-state index in [9.17, 15) is 9.59 Å². The summed E-state index contributed by atoms with van der Waals surface area (Å²) in [6, 6.07) is 19.6. The Morgan fingerprint density at radius 1 is 0.921 bits per heavy atom. The van der Waals surface area contributed by atoms with Crippen LogP contribution < -0.4 is 0 Å². The van der Waals surface area contributed by atoms with Crippen LogP contribution in [-0.4, -0.2) is 34.7 Å². The van der Waals surface area contributed by atoms with Gasteiger partial charge in [-0.3, -0.25) is 4.79 Å². The lowest BCUT2D eigenvalue weighted by molar-refractivity contribution is -0.150. The number of benzene rings is 3. The Bertz CT molecular complexity index is 1390. The van der Waals surface area contributed by atoms with Gasteiger partial charge in [-0.25, -0.2) is 9.78 Å². The smallest absolute Gasteiger partial charge is 0.337 e. The van der Waals surface area contributed by atoms with E-state index in [0.29, 0.717) is 18.4 Å². The predicted molar refractivity (Wildman–Crippen MR) is 148 cm³/mol. The predicted octanol–water partition coefficient (Wildman–Crippen LogP) is 6.08. The molecule has 0 saturated heterocycles. The van der Waals surface area contributed by atoms with Crippen LogP contribution in [0.25, 0.3) is 5.69 Å². The van der Waals surface area contributed by atoms with Gasteiger partial charge in [0.1, 0.15) is 6.10 Å². The first-order valence-electron chi connectivity index (χ1n) is 12.8. The molecular formula is C32H34N2O4. The summed E-state index contributed by atoms with van der Waals surface area (Å²) in [5.41, 5.74) is 7.65. The van der Waals surface area contributed by atoms with Crippen LogP contribution in [-0.2, 0) is 27.1 Å². The van der Waals surface area contributed by atoms with Gasteiger partial charge < -0.3 is 14.0 Å². The van der Waals surface area contributed by atoms with Crippen molar-refractivity contribution in [3.63, 3.8) is 0 Å². The van der Waals surface area contributed by atoms with Crippen molar-refractivity contribution in [1.82, 2.24) is 9.55 Å². The van der Waals surface area contributed by atoms with Crippen LogP contribution in [0.2, 0.25) is 0 Å². The first-order chi connectivity index (χ1) is 18.3. The fourth-order valence-corrected chi connectivity index (χ4v) is 4.77. The number of imidazole rings is 1. The molecule has 1 heterocycles. The molecule has 38 heavy (non-hydrogen) atoms. The van der Waals surface area contributed by atoms with Crippen molar-refractivity contribution in [2.45, 2.75) is 52.6 Å². The van der Waals surface area contributed by atoms with E-state index in [1.54, 1.807) is 12.5 Å². The number of hydrogen-bond acceptors (Lipinski definition) is 5. The zero-order chi connectivity index (χ0) is 27.2. The highest BCUT2D eigenvalue weighted by Gasteiger charge is 2.24. The number of methoxy groups -OCH3 is 1. The van der Waals surface area contributed by atoms with Gasteiger partial charge in [-0.05, 0) is 85.3 Å². The Kier molecular flexibility index (Phi) is 8.41. The summed E-state index contributed by atoms with van der Waals surface area (Å²) in [6.07, 6.45) is 6.11. The molecule has 6 heteroatoms. The molecule has 0 bridgehead atoms. The number of ether oxygens (including phenoxy) is 2. The zero-order valence-electron chi connectivity index (χ0n) is 22.6. The van der Waals surface area contributed by atoms with Crippen molar-refractivity contribution in [2.24, 2.45) is 0 Å². The van der Waals surface area contributed by atoms with Gasteiger partial charge in [-0.15, -0.1) is 0 Å². The van der Waals surface area contributed by atoms with Crippen LogP contribution in [0, 0.1) is 20.8 Å². The summed E-state index contributed by atoms with van der Waals surface area (Å²) in [5, 5.41) is 0. The van der Waals surface area contributed by atoms with Gasteiger partial charge in [-0.1, -0.05) is 36.4 Å². The second-order valence-corrected chi connectivity index (χ2v) is 9.76. The molecule has 0 amide bonds. The Hall–Kier alpha value is -4.19. The lowest BCUT2D eigenvalue weighted by Gasteiger charge is -2.24. The molecule has 4 rings (SSSR count). The van der Waals surface area contributed by atoms with E-state index in [2.05, 4.69) is 30.1 Å². The number of hydrogen-bond donors (Lipinski definition) is 0. The highest BCUT2D eigenvalue weighted by Crippen LogP contribution is 2.25. The summed E-state index contributed by atoms with van der Waals surface area (Å²) in [5.74, 6) is -1.01. The van der Waals surface area contributed by atoms with Crippen LogP contribution in [0.5, 0.6) is 0 Å². The first kappa shape index (κ1) is 26.9. The Labute approximate surface area is 224 Å². The third-order valence-corrected chi connectivity index (χ3v) is 7.07. The van der Waals surface area contributed by atoms with Crippen LogP contribution >= 0.6 is 0 Å². The van der Waals surface area contributed by atoms with E-state index in [-0.39, 0.29) is 17.9 Å². The van der Waals surface area contributed by atoms with Crippen LogP contribution in [0.4, 0.5) is 0 Å². The van der Waals surface area contributed by atoms with Gasteiger partial charge in [0.05, 0.1) is 24.9 Å². The summed E-state index contributed by atoms with van der Waals surface area (Å²) >= 11 is 0. The minimum absolute atomic E-state index is 0.258. The summed E-state index contributed by atoms with van der Waals surface area (Å²) < 4.78 is 13.1. The molecule has 0 aliphatic carbocycles. The molecule has 1 aromatic heterocycles. The van der Waals surface area contributed by atoms with E-state index in [4.69, 9.17) is 9.47 Å². The van der Waals surface area contributed by atoms with Gasteiger partial charge >= 0.3 is 11.9 Å². The lowest BCUT2D eigenvalue weighted by Crippen LogP contribution is -2.27. The van der Waals surface area contributed by atoms with Gasteiger partial charge in [0, 0.05) is 30.9 Å². The standard InChI is InChI=1S/C32H34N2O4/c1-21-11-12-28(34-14-13-33-20-34)17-26(21)18-29(38-31(35)24(4)25-9-7-6-8-10-25)19-30-22(2)15-27(16-23(30)3)32(36)37-5/h6-17,20,24,29H,18-19H2,1-5H3. The van der Waals surface area contributed by atoms with Crippen molar-refractivity contribution in [2.75, 3.05) is 7.11 Å². The van der Waals surface area contributed by atoms with E-state index in [1.165, 1.54) is 7.11 Å². The fraction of sp³-hybridized carbons (Fsp3) is 0.281. The van der Waals surface area contributed by atoms with Gasteiger partial charge in [0.25, 0.3) is 0 Å². The lowest BCUT2D eigenvalue weighted by atomic mass is 9.91. The van der Waals surface area contributed by atoms with Crippen LogP contribution in [0.15, 0.2) is 79.4 Å². The van der Waals surface area contributed by atoms with Crippen molar-refractivity contribution >= 4 is 11.9 Å². The van der Waals surface area contributed by atoms with Crippen molar-refractivity contribution in [1.29, 1.82) is 0 Å². The first-order valence-corrected chi connectivity index (χ1v) is 12.8. The molecule has 0 aliphatic rings. The molecule has 0 saturated carbocycles. The number of rotatable bonds is 9. The molecule has 0 spiro atoms. The maximum Gasteiger partial charge on any atom is 0.337 e. The van der Waals surface area contributed by atoms with Crippen LogP contribution in [0.1, 0.15) is 56.6 Å². The topological polar surface area (TPSA) is 70.4 Å². The van der Waals surface area contributed by atoms with Crippen molar-refractivity contribution < 1.29 is 19.1 Å². The average molecular weight is 511 g/mol. The van der Waals surface area contributed by atoms with Gasteiger partial charge in [-0.2, -0.15) is 0 Å². The fourth-order valence-electron chi connectivity index (χ4n) is 4.77. The number of carbonyl (C=O) groups is 2. The molecule has 3 aromatic carbocycles. The normalized spacial score (nSPS) is 12.6. The molecule has 0 radical (unpaired) electrons. The third kappa shape index (κ3) is 6.20. The van der Waals surface area contributed by atoms with Crippen LogP contribution in [0.3, 0.4) is 0 Å². The molecular weight excluding hydrogens is 476 g/mol. The zero-order valence-corrected chi connectivity index (χ0v) is 22.6. The molecule has 196 valence electrons. The minimum atomic E-state index is -0.397. The largest absolute Gasteiger partial charge is 0.465 e. The Morgan fingerprint density at radius 2 is 1.63 bits per heavy atom. The highest BCUT2D eigenvalue weighted by atomic mass is 16.5. The van der Waals surface area contributed by atoms with E-state index >= 15 is 0 Å². The van der Waals surface area contributed by atoms with E-state index < -0.39 is 6.10 Å². The maximum atomic E-state index is 13.3. The quantitative estimate of drug-likeness (QED) is 0.255. The minimum Gasteiger partial charge on any atom is -0.465 e. The summed E-state index contributed by atoms with van der Waals surface area (Å²) in [4.78, 5) is 29.6. The van der Waals surface area contributed by atoms with E-state index in [1.807, 2.05) is 74.0 Å². The maximum absolute atomic E-state index is 13.3. The molecule has 0 aliphatic heterocycles. The monoisotopic (exact) mass is 510 g/mol. The molecule has 0 N–H and O–H groups in total. The van der Waals surface area contributed by atoms with E-state index in [0.717, 1.165) is 39.1 Å². The second-order valence-electron chi connectivity index (χ2n) is 9.76. The SMILES string of the molecule is COC(=O)c1cc(C)c(CC(Cc2cc(-n3ccnc3)ccc2C)OC(=O)C(C)c2ccccc2)c(C)c1. The van der Waals surface area contributed by atoms with Gasteiger partial charge in [0.2, 0.25) is 0 Å². The number of aryl methyl sites for hydroxylation is 3. The molecule has 2 unspecified atom stereocenters.